The second kappa shape index (κ2) is 7.56. The molecule has 0 spiro atoms. The van der Waals surface area contributed by atoms with Crippen LogP contribution >= 0.6 is 0 Å². The molecule has 0 amide bonds. The summed E-state index contributed by atoms with van der Waals surface area (Å²) in [5.41, 5.74) is 4.27. The molecule has 7 heteroatoms. The van der Waals surface area contributed by atoms with Crippen LogP contribution in [0.25, 0.3) is 28.2 Å². The fraction of sp³-hybridized carbons (Fsp3) is 0. The summed E-state index contributed by atoms with van der Waals surface area (Å²) in [6.45, 7) is 0. The lowest BCUT2D eigenvalue weighted by atomic mass is 10.1. The second-order valence-electron chi connectivity index (χ2n) is 6.65. The number of para-hydroxylation sites is 1. The summed E-state index contributed by atoms with van der Waals surface area (Å²) in [6.07, 6.45) is 4.77. The number of aromatic amines is 2. The maximum Gasteiger partial charge on any atom is 0.280 e. The molecule has 0 aliphatic heterocycles. The highest BCUT2D eigenvalue weighted by Gasteiger charge is 2.15. The molecule has 0 aliphatic carbocycles. The summed E-state index contributed by atoms with van der Waals surface area (Å²) in [5, 5.41) is 10.3. The van der Waals surface area contributed by atoms with Gasteiger partial charge in [-0.05, 0) is 18.2 Å². The Balaban J connectivity index is 1.58. The monoisotopic (exact) mass is 395 g/mol. The van der Waals surface area contributed by atoms with E-state index in [4.69, 9.17) is 4.42 Å². The summed E-state index contributed by atoms with van der Waals surface area (Å²) in [7, 11) is 0. The van der Waals surface area contributed by atoms with E-state index in [1.807, 2.05) is 66.7 Å². The summed E-state index contributed by atoms with van der Waals surface area (Å²) < 4.78 is 6.62. The van der Waals surface area contributed by atoms with Gasteiger partial charge in [-0.2, -0.15) is 5.10 Å². The summed E-state index contributed by atoms with van der Waals surface area (Å²) >= 11 is 0. The van der Waals surface area contributed by atoms with Crippen LogP contribution in [0.2, 0.25) is 0 Å². The minimum Gasteiger partial charge on any atom is -0.472 e. The quantitative estimate of drug-likeness (QED) is 0.427. The van der Waals surface area contributed by atoms with Crippen molar-refractivity contribution in [1.82, 2.24) is 20.0 Å². The van der Waals surface area contributed by atoms with Gasteiger partial charge in [-0.1, -0.05) is 48.5 Å². The number of nitrogens with one attached hydrogen (secondary N) is 2. The summed E-state index contributed by atoms with van der Waals surface area (Å²) in [4.78, 5) is 17.6. The molecule has 30 heavy (non-hydrogen) atoms. The first-order valence-corrected chi connectivity index (χ1v) is 9.37. The van der Waals surface area contributed by atoms with Gasteiger partial charge in [0.1, 0.15) is 0 Å². The Bertz CT molecular complexity index is 1340. The lowest BCUT2D eigenvalue weighted by Crippen LogP contribution is -2.17. The molecule has 0 saturated carbocycles. The van der Waals surface area contributed by atoms with Crippen molar-refractivity contribution < 1.29 is 4.42 Å². The molecule has 5 aromatic rings. The number of nitrogens with zero attached hydrogens (tertiary/aromatic N) is 3. The van der Waals surface area contributed by atoms with Gasteiger partial charge >= 0.3 is 0 Å². The number of aromatic nitrogens is 4. The zero-order valence-electron chi connectivity index (χ0n) is 15.8. The number of rotatable bonds is 5. The largest absolute Gasteiger partial charge is 0.472 e. The van der Waals surface area contributed by atoms with Gasteiger partial charge in [0.25, 0.3) is 5.56 Å². The summed E-state index contributed by atoms with van der Waals surface area (Å²) in [6, 6.07) is 22.8. The molecular weight excluding hydrogens is 378 g/mol. The van der Waals surface area contributed by atoms with Gasteiger partial charge in [0.05, 0.1) is 35.2 Å². The predicted molar refractivity (Wildman–Crippen MR) is 115 cm³/mol. The minimum absolute atomic E-state index is 0.186. The van der Waals surface area contributed by atoms with Crippen LogP contribution in [-0.4, -0.2) is 26.2 Å². The van der Waals surface area contributed by atoms with Crippen LogP contribution in [0.15, 0.2) is 99.5 Å². The van der Waals surface area contributed by atoms with Gasteiger partial charge in [-0.15, -0.1) is 0 Å². The molecule has 0 unspecified atom stereocenters. The van der Waals surface area contributed by atoms with E-state index in [0.29, 0.717) is 17.1 Å². The number of H-pyrrole nitrogens is 2. The highest BCUT2D eigenvalue weighted by molar-refractivity contribution is 5.90. The van der Waals surface area contributed by atoms with E-state index in [1.54, 1.807) is 24.8 Å². The van der Waals surface area contributed by atoms with E-state index >= 15 is 0 Å². The molecule has 7 nitrogen and oxygen atoms in total. The molecule has 0 aliphatic rings. The third-order valence-corrected chi connectivity index (χ3v) is 4.73. The Kier molecular flexibility index (Phi) is 4.46. The van der Waals surface area contributed by atoms with E-state index in [9.17, 15) is 4.79 Å². The number of aliphatic imine (C=N–C) groups is 1. The van der Waals surface area contributed by atoms with Crippen molar-refractivity contribution in [2.24, 2.45) is 4.99 Å². The van der Waals surface area contributed by atoms with Crippen molar-refractivity contribution in [2.75, 3.05) is 0 Å². The zero-order valence-corrected chi connectivity index (χ0v) is 15.8. The number of hydrogen-bond donors (Lipinski definition) is 2. The third-order valence-electron chi connectivity index (χ3n) is 4.73. The lowest BCUT2D eigenvalue weighted by molar-refractivity contribution is 0.568. The fourth-order valence-electron chi connectivity index (χ4n) is 3.23. The van der Waals surface area contributed by atoms with Crippen LogP contribution < -0.4 is 5.56 Å². The topological polar surface area (TPSA) is 92.0 Å². The Morgan fingerprint density at radius 2 is 1.73 bits per heavy atom. The SMILES string of the molecule is O=c1c(C=Nc2cc(-c3ccoc3)[nH]n2)c(-c2ccccc2)[nH]n1-c1ccccc1. The third kappa shape index (κ3) is 3.29. The molecule has 0 atom stereocenters. The average molecular weight is 395 g/mol. The van der Waals surface area contributed by atoms with Crippen molar-refractivity contribution in [3.05, 3.63) is 101 Å². The van der Waals surface area contributed by atoms with Gasteiger partial charge in [-0.3, -0.25) is 15.0 Å². The second-order valence-corrected chi connectivity index (χ2v) is 6.65. The van der Waals surface area contributed by atoms with Crippen LogP contribution in [0.3, 0.4) is 0 Å². The first-order valence-electron chi connectivity index (χ1n) is 9.37. The Morgan fingerprint density at radius 3 is 2.47 bits per heavy atom. The smallest absolute Gasteiger partial charge is 0.280 e. The molecule has 2 aromatic carbocycles. The van der Waals surface area contributed by atoms with Gasteiger partial charge < -0.3 is 4.42 Å². The molecule has 0 saturated heterocycles. The molecule has 3 aromatic heterocycles. The molecule has 0 bridgehead atoms. The van der Waals surface area contributed by atoms with Crippen LogP contribution in [0, 0.1) is 0 Å². The number of hydrogen-bond acceptors (Lipinski definition) is 4. The number of benzene rings is 2. The Morgan fingerprint density at radius 1 is 0.967 bits per heavy atom. The van der Waals surface area contributed by atoms with E-state index in [-0.39, 0.29) is 5.56 Å². The fourth-order valence-corrected chi connectivity index (χ4v) is 3.23. The molecule has 0 radical (unpaired) electrons. The molecule has 0 fully saturated rings. The van der Waals surface area contributed by atoms with Crippen molar-refractivity contribution in [3.63, 3.8) is 0 Å². The summed E-state index contributed by atoms with van der Waals surface area (Å²) in [5.74, 6) is 0.470. The van der Waals surface area contributed by atoms with E-state index < -0.39 is 0 Å². The first-order chi connectivity index (χ1) is 14.8. The van der Waals surface area contributed by atoms with Gasteiger partial charge in [-0.25, -0.2) is 9.67 Å². The van der Waals surface area contributed by atoms with Crippen molar-refractivity contribution in [2.45, 2.75) is 0 Å². The van der Waals surface area contributed by atoms with E-state index in [1.165, 1.54) is 4.68 Å². The molecule has 2 N–H and O–H groups in total. The van der Waals surface area contributed by atoms with Crippen LogP contribution in [0.1, 0.15) is 5.56 Å². The van der Waals surface area contributed by atoms with Crippen molar-refractivity contribution in [1.29, 1.82) is 0 Å². The standard InChI is InChI=1S/C23H17N5O2/c29-23-19(14-24-21-13-20(25-26-21)17-11-12-30-15-17)22(16-7-3-1-4-8-16)27-28(23)18-9-5-2-6-10-18/h1-15,27H,(H,25,26). The molecule has 3 heterocycles. The number of furan rings is 1. The molecule has 5 rings (SSSR count). The maximum absolute atomic E-state index is 13.2. The highest BCUT2D eigenvalue weighted by Crippen LogP contribution is 2.23. The predicted octanol–water partition coefficient (Wildman–Crippen LogP) is 4.57. The van der Waals surface area contributed by atoms with Crippen LogP contribution in [-0.2, 0) is 0 Å². The van der Waals surface area contributed by atoms with Crippen LogP contribution in [0.4, 0.5) is 5.82 Å². The van der Waals surface area contributed by atoms with E-state index in [2.05, 4.69) is 20.3 Å². The maximum atomic E-state index is 13.2. The van der Waals surface area contributed by atoms with E-state index in [0.717, 1.165) is 22.5 Å². The first kappa shape index (κ1) is 17.7. The lowest BCUT2D eigenvalue weighted by Gasteiger charge is -2.01. The molecule has 146 valence electrons. The van der Waals surface area contributed by atoms with Gasteiger partial charge in [0.15, 0.2) is 5.82 Å². The average Bonchev–Trinajstić information content (AvgIpc) is 3.54. The Hall–Kier alpha value is -4.39. The highest BCUT2D eigenvalue weighted by atomic mass is 16.3. The Labute approximate surface area is 171 Å². The van der Waals surface area contributed by atoms with Crippen molar-refractivity contribution >= 4 is 12.0 Å². The van der Waals surface area contributed by atoms with Gasteiger partial charge in [0, 0.05) is 23.4 Å². The zero-order chi connectivity index (χ0) is 20.3. The minimum atomic E-state index is -0.186. The normalized spacial score (nSPS) is 11.3. The van der Waals surface area contributed by atoms with Crippen molar-refractivity contribution in [3.8, 4) is 28.2 Å². The molecular formula is C23H17N5O2. The van der Waals surface area contributed by atoms with Gasteiger partial charge in [0.2, 0.25) is 0 Å². The van der Waals surface area contributed by atoms with Crippen LogP contribution in [0.5, 0.6) is 0 Å².